The average molecular weight is 334 g/mol. The number of nitrogens with one attached hydrogen (secondary N) is 1. The molecule has 2 amide bonds. The van der Waals surface area contributed by atoms with E-state index in [2.05, 4.69) is 5.32 Å². The van der Waals surface area contributed by atoms with Gasteiger partial charge in [-0.25, -0.2) is 9.18 Å². The summed E-state index contributed by atoms with van der Waals surface area (Å²) in [6.45, 7) is 1.59. The van der Waals surface area contributed by atoms with E-state index in [-0.39, 0.29) is 24.4 Å². The normalized spacial score (nSPS) is 17.6. The molecule has 0 spiro atoms. The third kappa shape index (κ3) is 3.68. The fourth-order valence-corrected chi connectivity index (χ4v) is 2.59. The van der Waals surface area contributed by atoms with Crippen molar-refractivity contribution in [3.8, 4) is 5.75 Å². The van der Waals surface area contributed by atoms with Crippen molar-refractivity contribution in [1.29, 1.82) is 0 Å². The molecule has 1 aliphatic rings. The van der Waals surface area contributed by atoms with Crippen molar-refractivity contribution in [3.63, 3.8) is 0 Å². The zero-order valence-electron chi connectivity index (χ0n) is 13.3. The van der Waals surface area contributed by atoms with Crippen LogP contribution in [0.2, 0.25) is 0 Å². The number of benzene rings is 1. The Morgan fingerprint density at radius 1 is 1.46 bits per heavy atom. The van der Waals surface area contributed by atoms with Gasteiger partial charge in [0, 0.05) is 13.1 Å². The van der Waals surface area contributed by atoms with Crippen molar-refractivity contribution in [2.75, 3.05) is 26.8 Å². The smallest absolute Gasteiger partial charge is 0.317 e. The van der Waals surface area contributed by atoms with Crippen molar-refractivity contribution in [2.45, 2.75) is 12.6 Å². The summed E-state index contributed by atoms with van der Waals surface area (Å²) < 4.78 is 29.5. The summed E-state index contributed by atoms with van der Waals surface area (Å²) in [7, 11) is 1.41. The Hall–Kier alpha value is -2.54. The Balaban J connectivity index is 1.55. The molecule has 1 saturated heterocycles. The summed E-state index contributed by atoms with van der Waals surface area (Å²) in [5.41, 5.74) is 0.664. The Bertz CT molecular complexity index is 690. The number of hydrogen-bond acceptors (Lipinski definition) is 4. The van der Waals surface area contributed by atoms with Gasteiger partial charge in [-0.15, -0.1) is 0 Å². The van der Waals surface area contributed by atoms with Crippen LogP contribution < -0.4 is 10.1 Å². The van der Waals surface area contributed by atoms with Crippen LogP contribution in [0.4, 0.5) is 9.18 Å². The first kappa shape index (κ1) is 16.3. The number of halogens is 1. The molecule has 2 heterocycles. The molecule has 0 bridgehead atoms. The lowest BCUT2D eigenvalue weighted by molar-refractivity contribution is -0.0260. The maximum absolute atomic E-state index is 13.7. The van der Waals surface area contributed by atoms with E-state index in [9.17, 15) is 9.18 Å². The molecule has 1 fully saturated rings. The lowest BCUT2D eigenvalue weighted by Gasteiger charge is -2.32. The second kappa shape index (κ2) is 7.35. The number of methoxy groups -OCH3 is 1. The third-order valence-electron chi connectivity index (χ3n) is 3.87. The topological polar surface area (TPSA) is 63.9 Å². The number of rotatable bonds is 4. The van der Waals surface area contributed by atoms with Gasteiger partial charge in [0.15, 0.2) is 11.6 Å². The highest BCUT2D eigenvalue weighted by Crippen LogP contribution is 2.22. The molecule has 0 saturated carbocycles. The molecular formula is C17H19FN2O4. The van der Waals surface area contributed by atoms with E-state index in [4.69, 9.17) is 13.9 Å². The summed E-state index contributed by atoms with van der Waals surface area (Å²) in [5.74, 6) is 0.428. The molecule has 1 aromatic carbocycles. The zero-order chi connectivity index (χ0) is 16.9. The van der Waals surface area contributed by atoms with Crippen LogP contribution in [0.15, 0.2) is 41.0 Å². The van der Waals surface area contributed by atoms with Gasteiger partial charge >= 0.3 is 6.03 Å². The lowest BCUT2D eigenvalue weighted by atomic mass is 10.2. The monoisotopic (exact) mass is 334 g/mol. The Morgan fingerprint density at radius 3 is 3.04 bits per heavy atom. The molecule has 3 rings (SSSR count). The van der Waals surface area contributed by atoms with E-state index in [1.165, 1.54) is 13.2 Å². The highest BCUT2D eigenvalue weighted by Gasteiger charge is 2.26. The molecule has 128 valence electrons. The second-order valence-electron chi connectivity index (χ2n) is 5.45. The number of furan rings is 1. The van der Waals surface area contributed by atoms with Crippen molar-refractivity contribution in [3.05, 3.63) is 53.7 Å². The molecule has 0 radical (unpaired) electrons. The van der Waals surface area contributed by atoms with Crippen molar-refractivity contribution in [2.24, 2.45) is 0 Å². The van der Waals surface area contributed by atoms with Gasteiger partial charge in [-0.1, -0.05) is 6.07 Å². The number of nitrogens with zero attached hydrogens (tertiary/aromatic N) is 1. The quantitative estimate of drug-likeness (QED) is 0.934. The van der Waals surface area contributed by atoms with Crippen LogP contribution in [-0.4, -0.2) is 37.7 Å². The number of ether oxygens (including phenoxy) is 2. The number of urea groups is 1. The summed E-state index contributed by atoms with van der Waals surface area (Å²) in [6, 6.07) is 8.00. The Kier molecular flexibility index (Phi) is 5.00. The van der Waals surface area contributed by atoms with Crippen molar-refractivity contribution < 1.29 is 23.1 Å². The highest BCUT2D eigenvalue weighted by molar-refractivity contribution is 5.74. The fraction of sp³-hybridized carbons (Fsp3) is 0.353. The Labute approximate surface area is 139 Å². The van der Waals surface area contributed by atoms with Gasteiger partial charge in [-0.05, 0) is 29.8 Å². The van der Waals surface area contributed by atoms with Gasteiger partial charge in [-0.3, -0.25) is 0 Å². The van der Waals surface area contributed by atoms with Gasteiger partial charge in [0.2, 0.25) is 0 Å². The van der Waals surface area contributed by atoms with Gasteiger partial charge < -0.3 is 24.1 Å². The summed E-state index contributed by atoms with van der Waals surface area (Å²) in [6.07, 6.45) is 1.31. The lowest BCUT2D eigenvalue weighted by Crippen LogP contribution is -2.46. The van der Waals surface area contributed by atoms with Gasteiger partial charge in [0.1, 0.15) is 11.9 Å². The molecule has 6 nitrogen and oxygen atoms in total. The first-order valence-electron chi connectivity index (χ1n) is 7.67. The van der Waals surface area contributed by atoms with Crippen molar-refractivity contribution in [1.82, 2.24) is 10.2 Å². The van der Waals surface area contributed by atoms with E-state index in [1.807, 2.05) is 6.07 Å². The van der Waals surface area contributed by atoms with Crippen LogP contribution in [0, 0.1) is 5.82 Å². The maximum Gasteiger partial charge on any atom is 0.317 e. The molecule has 1 atom stereocenters. The minimum absolute atomic E-state index is 0.180. The first-order chi connectivity index (χ1) is 11.7. The molecule has 7 heteroatoms. The first-order valence-corrected chi connectivity index (χ1v) is 7.67. The number of amides is 2. The van der Waals surface area contributed by atoms with Crippen LogP contribution in [0.3, 0.4) is 0 Å². The van der Waals surface area contributed by atoms with Crippen molar-refractivity contribution >= 4 is 6.03 Å². The van der Waals surface area contributed by atoms with Gasteiger partial charge in [0.05, 0.1) is 26.5 Å². The number of morpholine rings is 1. The zero-order valence-corrected chi connectivity index (χ0v) is 13.3. The van der Waals surface area contributed by atoms with Crippen LogP contribution in [0.1, 0.15) is 17.4 Å². The molecule has 1 N–H and O–H groups in total. The van der Waals surface area contributed by atoms with Crippen LogP contribution in [-0.2, 0) is 11.3 Å². The maximum atomic E-state index is 13.7. The summed E-state index contributed by atoms with van der Waals surface area (Å²) in [4.78, 5) is 14.0. The number of carbonyl (C=O) groups excluding carboxylic acids is 1. The van der Waals surface area contributed by atoms with Crippen LogP contribution >= 0.6 is 0 Å². The van der Waals surface area contributed by atoms with Gasteiger partial charge in [0.25, 0.3) is 0 Å². The molecular weight excluding hydrogens is 315 g/mol. The predicted octanol–water partition coefficient (Wildman–Crippen LogP) is 2.71. The molecule has 0 aliphatic carbocycles. The highest BCUT2D eigenvalue weighted by atomic mass is 19.1. The van der Waals surface area contributed by atoms with E-state index in [0.717, 1.165) is 0 Å². The average Bonchev–Trinajstić information content (AvgIpc) is 3.14. The molecule has 24 heavy (non-hydrogen) atoms. The predicted molar refractivity (Wildman–Crippen MR) is 84.2 cm³/mol. The number of carbonyl (C=O) groups is 1. The molecule has 1 aliphatic heterocycles. The Morgan fingerprint density at radius 2 is 2.33 bits per heavy atom. The molecule has 1 unspecified atom stereocenters. The minimum atomic E-state index is -0.450. The van der Waals surface area contributed by atoms with E-state index in [1.54, 1.807) is 29.4 Å². The second-order valence-corrected chi connectivity index (χ2v) is 5.45. The van der Waals surface area contributed by atoms with Crippen LogP contribution in [0.5, 0.6) is 5.75 Å². The van der Waals surface area contributed by atoms with Gasteiger partial charge in [-0.2, -0.15) is 0 Å². The van der Waals surface area contributed by atoms with E-state index >= 15 is 0 Å². The number of hydrogen-bond donors (Lipinski definition) is 1. The molecule has 1 aromatic heterocycles. The standard InChI is InChI=1S/C17H19FN2O4/c1-22-14-5-4-12(9-13(14)18)10-19-17(21)20-6-8-24-16(11-20)15-3-2-7-23-15/h2-5,7,9,16H,6,8,10-11H2,1H3,(H,19,21). The summed E-state index contributed by atoms with van der Waals surface area (Å²) >= 11 is 0. The minimum Gasteiger partial charge on any atom is -0.494 e. The fourth-order valence-electron chi connectivity index (χ4n) is 2.59. The van der Waals surface area contributed by atoms with E-state index in [0.29, 0.717) is 31.0 Å². The van der Waals surface area contributed by atoms with E-state index < -0.39 is 5.82 Å². The van der Waals surface area contributed by atoms with Crippen LogP contribution in [0.25, 0.3) is 0 Å². The largest absolute Gasteiger partial charge is 0.494 e. The molecule has 2 aromatic rings. The third-order valence-corrected chi connectivity index (χ3v) is 3.87. The summed E-state index contributed by atoms with van der Waals surface area (Å²) in [5, 5.41) is 2.79. The SMILES string of the molecule is COc1ccc(CNC(=O)N2CCOC(c3ccco3)C2)cc1F.